The Morgan fingerprint density at radius 1 is 0.588 bits per heavy atom. The summed E-state index contributed by atoms with van der Waals surface area (Å²) in [6.07, 6.45) is 0.792. The second kappa shape index (κ2) is 11.3. The molecule has 0 aliphatic heterocycles. The van der Waals surface area contributed by atoms with Gasteiger partial charge in [-0.1, -0.05) is 36.4 Å². The van der Waals surface area contributed by atoms with Crippen molar-refractivity contribution in [3.63, 3.8) is 0 Å². The van der Waals surface area contributed by atoms with E-state index in [9.17, 15) is 40.0 Å². The molecule has 0 radical (unpaired) electrons. The number of hydrogen-bond acceptors (Lipinski definition) is 7. The Hall–Kier alpha value is -2.49. The average Bonchev–Trinajstić information content (AvgIpc) is 2.82. The van der Waals surface area contributed by atoms with E-state index < -0.39 is 34.6 Å². The number of hydrogen-bond donors (Lipinski definition) is 7. The van der Waals surface area contributed by atoms with Crippen LogP contribution in [0, 0.1) is 0 Å². The molecule has 8 nitrogen and oxygen atoms in total. The van der Waals surface area contributed by atoms with Gasteiger partial charge in [-0.15, -0.1) is 0 Å². The number of aliphatic carboxylic acids is 1. The van der Waals surface area contributed by atoms with Crippen LogP contribution in [0.25, 0.3) is 0 Å². The molecule has 0 heterocycles. The lowest BCUT2D eigenvalue weighted by atomic mass is 9.80. The molecule has 174 valence electrons. The van der Waals surface area contributed by atoms with E-state index in [2.05, 4.69) is 0 Å². The predicted molar refractivity (Wildman–Crippen MR) is 136 cm³/mol. The molecular formula is C22H25B3O8P+. The van der Waals surface area contributed by atoms with Gasteiger partial charge in [-0.05, 0) is 59.2 Å². The second-order valence-corrected chi connectivity index (χ2v) is 11.5. The Labute approximate surface area is 198 Å². The number of carboxylic acid groups (broad SMARTS) is 1. The quantitative estimate of drug-likeness (QED) is 0.119. The summed E-state index contributed by atoms with van der Waals surface area (Å²) in [6.45, 7) is 0. The highest BCUT2D eigenvalue weighted by atomic mass is 31.2. The molecule has 0 saturated carbocycles. The summed E-state index contributed by atoms with van der Waals surface area (Å²) in [7, 11) is -7.42. The highest BCUT2D eigenvalue weighted by Crippen LogP contribution is 2.55. The zero-order valence-electron chi connectivity index (χ0n) is 18.3. The Morgan fingerprint density at radius 2 is 0.882 bits per heavy atom. The van der Waals surface area contributed by atoms with Crippen molar-refractivity contribution < 1.29 is 40.0 Å². The molecule has 0 atom stereocenters. The van der Waals surface area contributed by atoms with Crippen LogP contribution in [0.15, 0.2) is 72.8 Å². The maximum absolute atomic E-state index is 11.3. The average molecular weight is 481 g/mol. The van der Waals surface area contributed by atoms with Gasteiger partial charge < -0.3 is 35.3 Å². The van der Waals surface area contributed by atoms with Gasteiger partial charge in [0.2, 0.25) is 0 Å². The van der Waals surface area contributed by atoms with E-state index in [0.29, 0.717) is 29.0 Å². The van der Waals surface area contributed by atoms with Crippen molar-refractivity contribution in [3.05, 3.63) is 72.8 Å². The van der Waals surface area contributed by atoms with Crippen LogP contribution >= 0.6 is 7.26 Å². The van der Waals surface area contributed by atoms with Crippen molar-refractivity contribution >= 4 is 66.9 Å². The molecule has 7 N–H and O–H groups in total. The van der Waals surface area contributed by atoms with E-state index in [4.69, 9.17) is 0 Å². The Kier molecular flexibility index (Phi) is 8.68. The third-order valence-corrected chi connectivity index (χ3v) is 10.3. The molecule has 0 aliphatic carbocycles. The lowest BCUT2D eigenvalue weighted by molar-refractivity contribution is -0.137. The molecule has 0 unspecified atom stereocenters. The Bertz CT molecular complexity index is 965. The van der Waals surface area contributed by atoms with E-state index in [0.717, 1.165) is 15.9 Å². The van der Waals surface area contributed by atoms with Gasteiger partial charge >= 0.3 is 27.3 Å². The SMILES string of the molecule is O=C(O)CCC[P+](c1ccc(B(O)O)cc1)(c1ccc(B(O)O)cc1)c1ccc(B(O)O)cc1. The van der Waals surface area contributed by atoms with Crippen LogP contribution < -0.4 is 32.3 Å². The number of rotatable bonds is 10. The topological polar surface area (TPSA) is 159 Å². The fourth-order valence-corrected chi connectivity index (χ4v) is 8.28. The molecule has 0 saturated heterocycles. The lowest BCUT2D eigenvalue weighted by Gasteiger charge is -2.28. The summed E-state index contributed by atoms with van der Waals surface area (Å²) in [4.78, 5) is 11.3. The van der Waals surface area contributed by atoms with Crippen LogP contribution in [0.2, 0.25) is 0 Å². The van der Waals surface area contributed by atoms with Crippen molar-refractivity contribution in [1.82, 2.24) is 0 Å². The Balaban J connectivity index is 2.24. The van der Waals surface area contributed by atoms with Gasteiger partial charge in [-0.25, -0.2) is 0 Å². The summed E-state index contributed by atoms with van der Waals surface area (Å²) >= 11 is 0. The van der Waals surface area contributed by atoms with Crippen molar-refractivity contribution in [2.75, 3.05) is 6.16 Å². The molecule has 0 aromatic heterocycles. The monoisotopic (exact) mass is 481 g/mol. The Morgan fingerprint density at radius 3 is 1.12 bits per heavy atom. The van der Waals surface area contributed by atoms with E-state index >= 15 is 0 Å². The first-order valence-electron chi connectivity index (χ1n) is 10.6. The number of benzene rings is 3. The van der Waals surface area contributed by atoms with Crippen molar-refractivity contribution in [3.8, 4) is 0 Å². The maximum atomic E-state index is 11.3. The van der Waals surface area contributed by atoms with Crippen LogP contribution in [0.5, 0.6) is 0 Å². The lowest BCUT2D eigenvalue weighted by Crippen LogP contribution is -2.38. The largest absolute Gasteiger partial charge is 0.488 e. The first kappa shape index (κ1) is 26.1. The summed E-state index contributed by atoms with van der Waals surface area (Å²) in [6, 6.07) is 20.3. The number of carboxylic acids is 1. The van der Waals surface area contributed by atoms with Gasteiger partial charge in [0.25, 0.3) is 0 Å². The molecule has 3 aromatic rings. The fourth-order valence-electron chi connectivity index (χ4n) is 4.00. The van der Waals surface area contributed by atoms with Crippen LogP contribution in [0.3, 0.4) is 0 Å². The van der Waals surface area contributed by atoms with Crippen molar-refractivity contribution in [1.29, 1.82) is 0 Å². The van der Waals surface area contributed by atoms with Crippen LogP contribution in [-0.4, -0.2) is 68.7 Å². The van der Waals surface area contributed by atoms with E-state index in [1.807, 2.05) is 0 Å². The highest BCUT2D eigenvalue weighted by molar-refractivity contribution is 7.95. The summed E-state index contributed by atoms with van der Waals surface area (Å²) in [5.41, 5.74) is 0.930. The van der Waals surface area contributed by atoms with Gasteiger partial charge in [0.05, 0.1) is 6.16 Å². The second-order valence-electron chi connectivity index (χ2n) is 7.93. The first-order chi connectivity index (χ1) is 16.1. The molecule has 0 spiro atoms. The van der Waals surface area contributed by atoms with Gasteiger partial charge in [0.1, 0.15) is 23.2 Å². The van der Waals surface area contributed by atoms with E-state index in [1.54, 1.807) is 72.8 Å². The summed E-state index contributed by atoms with van der Waals surface area (Å²) < 4.78 is 0. The standard InChI is InChI=1S/C22H24B3O8P/c26-22(27)2-1-15-34(19-9-3-16(4-10-19)23(28)29,20-11-5-17(6-12-20)24(30)31)21-13-7-18(8-14-21)25(32)33/h3-14,28-33H,1-2,15H2/p+1. The summed E-state index contributed by atoms with van der Waals surface area (Å²) in [5, 5.41) is 69.0. The van der Waals surface area contributed by atoms with Crippen molar-refractivity contribution in [2.45, 2.75) is 12.8 Å². The molecule has 3 aromatic carbocycles. The zero-order valence-corrected chi connectivity index (χ0v) is 19.2. The van der Waals surface area contributed by atoms with Crippen molar-refractivity contribution in [2.24, 2.45) is 0 Å². The molecule has 12 heteroatoms. The van der Waals surface area contributed by atoms with Gasteiger partial charge in [0.15, 0.2) is 0 Å². The van der Waals surface area contributed by atoms with Crippen LogP contribution in [-0.2, 0) is 4.79 Å². The van der Waals surface area contributed by atoms with Gasteiger partial charge in [0, 0.05) is 6.42 Å². The maximum Gasteiger partial charge on any atom is 0.488 e. The van der Waals surface area contributed by atoms with Crippen LogP contribution in [0.4, 0.5) is 0 Å². The van der Waals surface area contributed by atoms with Gasteiger partial charge in [-0.2, -0.15) is 0 Å². The van der Waals surface area contributed by atoms with E-state index in [-0.39, 0.29) is 6.42 Å². The minimum Gasteiger partial charge on any atom is -0.481 e. The molecule has 0 amide bonds. The zero-order chi connectivity index (χ0) is 24.9. The predicted octanol–water partition coefficient (Wildman–Crippen LogP) is -3.12. The molecule has 0 fully saturated rings. The fraction of sp³-hybridized carbons (Fsp3) is 0.136. The third kappa shape index (κ3) is 5.77. The molecule has 3 rings (SSSR count). The molecule has 0 aliphatic rings. The molecular weight excluding hydrogens is 456 g/mol. The van der Waals surface area contributed by atoms with E-state index in [1.165, 1.54) is 0 Å². The smallest absolute Gasteiger partial charge is 0.481 e. The normalized spacial score (nSPS) is 11.2. The molecule has 0 bridgehead atoms. The minimum absolute atomic E-state index is 0.0456. The number of carbonyl (C=O) groups is 1. The van der Waals surface area contributed by atoms with Gasteiger partial charge in [-0.3, -0.25) is 4.79 Å². The van der Waals surface area contributed by atoms with Crippen LogP contribution in [0.1, 0.15) is 12.8 Å². The summed E-state index contributed by atoms with van der Waals surface area (Å²) in [5.74, 6) is -0.922. The first-order valence-corrected chi connectivity index (χ1v) is 12.6. The molecule has 34 heavy (non-hydrogen) atoms. The third-order valence-electron chi connectivity index (χ3n) is 5.78. The minimum atomic E-state index is -2.51. The highest BCUT2D eigenvalue weighted by Gasteiger charge is 2.45.